The Morgan fingerprint density at radius 3 is 1.65 bits per heavy atom. The quantitative estimate of drug-likeness (QED) is 0.209. The Morgan fingerprint density at radius 1 is 0.652 bits per heavy atom. The Hall–Kier alpha value is -0.530. The smallest absolute Gasteiger partial charge is 0.306 e. The number of hydrogen-bond acceptors (Lipinski definition) is 2. The first-order valence-corrected chi connectivity index (χ1v) is 10.4. The largest absolute Gasteiger partial charge is 0.462 e. The minimum Gasteiger partial charge on any atom is -0.462 e. The van der Waals surface area contributed by atoms with Crippen LogP contribution in [0.1, 0.15) is 124 Å². The zero-order chi connectivity index (χ0) is 17.2. The predicted molar refractivity (Wildman–Crippen MR) is 101 cm³/mol. The van der Waals surface area contributed by atoms with E-state index in [4.69, 9.17) is 4.74 Å². The highest BCUT2D eigenvalue weighted by molar-refractivity contribution is 5.69. The molecule has 0 rings (SSSR count). The minimum absolute atomic E-state index is 0.0323. The van der Waals surface area contributed by atoms with Crippen LogP contribution < -0.4 is 0 Å². The lowest BCUT2D eigenvalue weighted by Crippen LogP contribution is -2.18. The van der Waals surface area contributed by atoms with Crippen LogP contribution in [0.5, 0.6) is 0 Å². The van der Waals surface area contributed by atoms with E-state index in [-0.39, 0.29) is 12.1 Å². The third kappa shape index (κ3) is 16.1. The van der Waals surface area contributed by atoms with Gasteiger partial charge in [0.15, 0.2) is 0 Å². The normalized spacial score (nSPS) is 12.3. The molecule has 0 aliphatic heterocycles. The van der Waals surface area contributed by atoms with E-state index in [1.807, 2.05) is 0 Å². The molecule has 138 valence electrons. The summed E-state index contributed by atoms with van der Waals surface area (Å²) >= 11 is 0. The van der Waals surface area contributed by atoms with E-state index in [0.29, 0.717) is 6.42 Å². The fourth-order valence-electron chi connectivity index (χ4n) is 2.98. The monoisotopic (exact) mass is 326 g/mol. The van der Waals surface area contributed by atoms with Crippen molar-refractivity contribution in [2.45, 2.75) is 130 Å². The highest BCUT2D eigenvalue weighted by Crippen LogP contribution is 2.17. The van der Waals surface area contributed by atoms with E-state index in [1.54, 1.807) is 0 Å². The van der Waals surface area contributed by atoms with Crippen molar-refractivity contribution in [3.05, 3.63) is 0 Å². The molecule has 0 radical (unpaired) electrons. The van der Waals surface area contributed by atoms with Gasteiger partial charge in [-0.15, -0.1) is 0 Å². The minimum atomic E-state index is 0.0323. The first-order valence-electron chi connectivity index (χ1n) is 10.4. The molecule has 0 aromatic heterocycles. The lowest BCUT2D eigenvalue weighted by Gasteiger charge is -2.18. The van der Waals surface area contributed by atoms with E-state index >= 15 is 0 Å². The molecule has 0 saturated heterocycles. The molecule has 0 aliphatic rings. The third-order valence-electron chi connectivity index (χ3n) is 4.54. The molecule has 1 atom stereocenters. The molecule has 0 saturated carbocycles. The summed E-state index contributed by atoms with van der Waals surface area (Å²) in [5.41, 5.74) is 0. The molecule has 0 amide bonds. The fourth-order valence-corrected chi connectivity index (χ4v) is 2.98. The topological polar surface area (TPSA) is 26.3 Å². The summed E-state index contributed by atoms with van der Waals surface area (Å²) in [5.74, 6) is 0.0323. The van der Waals surface area contributed by atoms with Crippen LogP contribution in [0.3, 0.4) is 0 Å². The standard InChI is InChI=1S/C21H42O2/c1-4-7-10-12-13-16-18-20(17-15-11-8-5-2)23-21(22)19-14-9-6-3/h20H,4-19H2,1-3H3. The van der Waals surface area contributed by atoms with Gasteiger partial charge in [-0.05, 0) is 32.1 Å². The third-order valence-corrected chi connectivity index (χ3v) is 4.54. The van der Waals surface area contributed by atoms with Crippen LogP contribution in [0, 0.1) is 0 Å². The molecule has 0 aromatic rings. The lowest BCUT2D eigenvalue weighted by molar-refractivity contribution is -0.150. The number of esters is 1. The predicted octanol–water partition coefficient (Wildman–Crippen LogP) is 7.20. The summed E-state index contributed by atoms with van der Waals surface area (Å²) < 4.78 is 5.77. The second-order valence-corrected chi connectivity index (χ2v) is 6.97. The zero-order valence-corrected chi connectivity index (χ0v) is 16.2. The van der Waals surface area contributed by atoms with E-state index in [9.17, 15) is 4.79 Å². The number of hydrogen-bond donors (Lipinski definition) is 0. The molecule has 0 bridgehead atoms. The molecule has 0 heterocycles. The van der Waals surface area contributed by atoms with E-state index in [0.717, 1.165) is 32.1 Å². The summed E-state index contributed by atoms with van der Waals surface area (Å²) in [5, 5.41) is 0. The van der Waals surface area contributed by atoms with E-state index < -0.39 is 0 Å². The number of unbranched alkanes of at least 4 members (excludes halogenated alkanes) is 10. The summed E-state index contributed by atoms with van der Waals surface area (Å²) in [6, 6.07) is 0. The Balaban J connectivity index is 3.94. The lowest BCUT2D eigenvalue weighted by atomic mass is 10.0. The molecule has 0 spiro atoms. The van der Waals surface area contributed by atoms with Crippen molar-refractivity contribution in [3.63, 3.8) is 0 Å². The van der Waals surface area contributed by atoms with Gasteiger partial charge in [-0.1, -0.05) is 85.0 Å². The van der Waals surface area contributed by atoms with Gasteiger partial charge >= 0.3 is 5.97 Å². The maximum atomic E-state index is 12.0. The highest BCUT2D eigenvalue weighted by atomic mass is 16.5. The average molecular weight is 327 g/mol. The van der Waals surface area contributed by atoms with Gasteiger partial charge in [-0.25, -0.2) is 0 Å². The second-order valence-electron chi connectivity index (χ2n) is 6.97. The maximum Gasteiger partial charge on any atom is 0.306 e. The van der Waals surface area contributed by atoms with Gasteiger partial charge in [0.1, 0.15) is 6.10 Å². The first-order chi connectivity index (χ1) is 11.2. The molecule has 23 heavy (non-hydrogen) atoms. The summed E-state index contributed by atoms with van der Waals surface area (Å²) in [6.07, 6.45) is 19.1. The Bertz CT molecular complexity index is 250. The molecule has 2 nitrogen and oxygen atoms in total. The van der Waals surface area contributed by atoms with Gasteiger partial charge in [0.05, 0.1) is 0 Å². The van der Waals surface area contributed by atoms with Crippen LogP contribution >= 0.6 is 0 Å². The van der Waals surface area contributed by atoms with Gasteiger partial charge in [0.25, 0.3) is 0 Å². The van der Waals surface area contributed by atoms with E-state index in [2.05, 4.69) is 20.8 Å². The van der Waals surface area contributed by atoms with Gasteiger partial charge in [0, 0.05) is 6.42 Å². The van der Waals surface area contributed by atoms with Crippen molar-refractivity contribution < 1.29 is 9.53 Å². The molecule has 2 heteroatoms. The van der Waals surface area contributed by atoms with Gasteiger partial charge in [0.2, 0.25) is 0 Å². The maximum absolute atomic E-state index is 12.0. The number of rotatable bonds is 17. The summed E-state index contributed by atoms with van der Waals surface area (Å²) in [6.45, 7) is 6.66. The van der Waals surface area contributed by atoms with Crippen LogP contribution in [0.25, 0.3) is 0 Å². The number of ether oxygens (including phenoxy) is 1. The van der Waals surface area contributed by atoms with Crippen molar-refractivity contribution in [1.82, 2.24) is 0 Å². The highest BCUT2D eigenvalue weighted by Gasteiger charge is 2.13. The van der Waals surface area contributed by atoms with Crippen LogP contribution in [-0.4, -0.2) is 12.1 Å². The van der Waals surface area contributed by atoms with E-state index in [1.165, 1.54) is 64.2 Å². The zero-order valence-electron chi connectivity index (χ0n) is 16.2. The van der Waals surface area contributed by atoms with Gasteiger partial charge < -0.3 is 4.74 Å². The van der Waals surface area contributed by atoms with Crippen molar-refractivity contribution in [2.75, 3.05) is 0 Å². The molecule has 0 fully saturated rings. The molecule has 0 aromatic carbocycles. The van der Waals surface area contributed by atoms with Gasteiger partial charge in [-0.3, -0.25) is 4.79 Å². The van der Waals surface area contributed by atoms with Gasteiger partial charge in [-0.2, -0.15) is 0 Å². The van der Waals surface area contributed by atoms with Crippen LogP contribution in [0.2, 0.25) is 0 Å². The van der Waals surface area contributed by atoms with Crippen molar-refractivity contribution in [2.24, 2.45) is 0 Å². The number of carbonyl (C=O) groups excluding carboxylic acids is 1. The molecule has 1 unspecified atom stereocenters. The Labute approximate surface area is 145 Å². The van der Waals surface area contributed by atoms with Crippen LogP contribution in [0.15, 0.2) is 0 Å². The molecule has 0 aliphatic carbocycles. The molecular formula is C21H42O2. The molecular weight excluding hydrogens is 284 g/mol. The Kier molecular flexibility index (Phi) is 17.4. The summed E-state index contributed by atoms with van der Waals surface area (Å²) in [4.78, 5) is 12.0. The van der Waals surface area contributed by atoms with Crippen LogP contribution in [0.4, 0.5) is 0 Å². The number of carbonyl (C=O) groups is 1. The molecule has 0 N–H and O–H groups in total. The first kappa shape index (κ1) is 22.5. The second kappa shape index (κ2) is 17.8. The SMILES string of the molecule is CCCCCCCCC(CCCCCC)OC(=O)CCCCC. The fraction of sp³-hybridized carbons (Fsp3) is 0.952. The van der Waals surface area contributed by atoms with Crippen molar-refractivity contribution >= 4 is 5.97 Å². The average Bonchev–Trinajstić information content (AvgIpc) is 2.54. The van der Waals surface area contributed by atoms with Crippen molar-refractivity contribution in [1.29, 1.82) is 0 Å². The van der Waals surface area contributed by atoms with Crippen LogP contribution in [-0.2, 0) is 9.53 Å². The Morgan fingerprint density at radius 2 is 1.09 bits per heavy atom. The summed E-state index contributed by atoms with van der Waals surface area (Å²) in [7, 11) is 0. The van der Waals surface area contributed by atoms with Crippen molar-refractivity contribution in [3.8, 4) is 0 Å².